The van der Waals surface area contributed by atoms with E-state index in [1.807, 2.05) is 0 Å². The topological polar surface area (TPSA) is 43.1 Å². The van der Waals surface area contributed by atoms with Gasteiger partial charge in [-0.3, -0.25) is 4.79 Å². The predicted octanol–water partition coefficient (Wildman–Crippen LogP) is 1.75. The minimum atomic E-state index is -0.866. The maximum Gasteiger partial charge on any atom is 0.176 e. The number of nitrogens with two attached hydrogens (primary N) is 1. The molecule has 1 aromatic rings. The highest BCUT2D eigenvalue weighted by molar-refractivity contribution is 5.97. The van der Waals surface area contributed by atoms with Crippen LogP contribution in [0.5, 0.6) is 0 Å². The van der Waals surface area contributed by atoms with Crippen LogP contribution in [-0.2, 0) is 6.67 Å². The second-order valence-corrected chi connectivity index (χ2v) is 3.01. The number of alkyl halides is 1. The first-order valence-electron chi connectivity index (χ1n) is 4.18. The first-order chi connectivity index (χ1) is 6.60. The maximum atomic E-state index is 13.2. The number of benzene rings is 1. The van der Waals surface area contributed by atoms with Gasteiger partial charge in [-0.25, -0.2) is 8.78 Å². The maximum absolute atomic E-state index is 13.2. The SMILES string of the molecule is Cc1cc(C(=O)CN)cc(F)c1CF. The van der Waals surface area contributed by atoms with E-state index in [-0.39, 0.29) is 23.5 Å². The van der Waals surface area contributed by atoms with Crippen LogP contribution in [0.4, 0.5) is 8.78 Å². The summed E-state index contributed by atoms with van der Waals surface area (Å²) in [5.74, 6) is -1.04. The number of aryl methyl sites for hydroxylation is 1. The molecule has 0 amide bonds. The molecule has 0 bridgehead atoms. The molecule has 0 heterocycles. The number of ketones is 1. The highest BCUT2D eigenvalue weighted by Gasteiger charge is 2.11. The lowest BCUT2D eigenvalue weighted by molar-refractivity contribution is 0.100. The molecule has 0 spiro atoms. The van der Waals surface area contributed by atoms with E-state index in [0.717, 1.165) is 6.07 Å². The van der Waals surface area contributed by atoms with E-state index in [9.17, 15) is 13.6 Å². The van der Waals surface area contributed by atoms with E-state index in [0.29, 0.717) is 5.56 Å². The van der Waals surface area contributed by atoms with E-state index in [2.05, 4.69) is 0 Å². The van der Waals surface area contributed by atoms with Crippen molar-refractivity contribution in [3.8, 4) is 0 Å². The largest absolute Gasteiger partial charge is 0.324 e. The van der Waals surface area contributed by atoms with Gasteiger partial charge in [0.1, 0.15) is 12.5 Å². The van der Waals surface area contributed by atoms with Crippen molar-refractivity contribution in [1.29, 1.82) is 0 Å². The third-order valence-corrected chi connectivity index (χ3v) is 2.06. The molecule has 14 heavy (non-hydrogen) atoms. The van der Waals surface area contributed by atoms with Crippen LogP contribution >= 0.6 is 0 Å². The first kappa shape index (κ1) is 10.8. The number of carbonyl (C=O) groups excluding carboxylic acids is 1. The predicted molar refractivity (Wildman–Crippen MR) is 49.3 cm³/mol. The van der Waals surface area contributed by atoms with Crippen LogP contribution in [0.25, 0.3) is 0 Å². The van der Waals surface area contributed by atoms with Crippen LogP contribution in [0.15, 0.2) is 12.1 Å². The normalized spacial score (nSPS) is 10.3. The van der Waals surface area contributed by atoms with Gasteiger partial charge >= 0.3 is 0 Å². The van der Waals surface area contributed by atoms with Gasteiger partial charge in [-0.05, 0) is 24.6 Å². The van der Waals surface area contributed by atoms with E-state index >= 15 is 0 Å². The minimum absolute atomic E-state index is 0.00132. The number of rotatable bonds is 3. The lowest BCUT2D eigenvalue weighted by Gasteiger charge is -2.05. The Labute approximate surface area is 80.7 Å². The van der Waals surface area contributed by atoms with Crippen LogP contribution in [0.2, 0.25) is 0 Å². The Morgan fingerprint density at radius 2 is 2.14 bits per heavy atom. The highest BCUT2D eigenvalue weighted by atomic mass is 19.1. The van der Waals surface area contributed by atoms with Crippen molar-refractivity contribution in [3.63, 3.8) is 0 Å². The summed E-state index contributed by atoms with van der Waals surface area (Å²) in [6, 6.07) is 2.48. The number of Topliss-reactive ketones (excluding diaryl/α,β-unsaturated/α-hetero) is 1. The molecule has 76 valence electrons. The Morgan fingerprint density at radius 3 is 2.57 bits per heavy atom. The fourth-order valence-electron chi connectivity index (χ4n) is 1.22. The number of halogens is 2. The van der Waals surface area contributed by atoms with Gasteiger partial charge in [-0.15, -0.1) is 0 Å². The third kappa shape index (κ3) is 1.96. The fraction of sp³-hybridized carbons (Fsp3) is 0.300. The Hall–Kier alpha value is -1.29. The highest BCUT2D eigenvalue weighted by Crippen LogP contribution is 2.17. The van der Waals surface area contributed by atoms with Crippen molar-refractivity contribution in [3.05, 3.63) is 34.6 Å². The second-order valence-electron chi connectivity index (χ2n) is 3.01. The molecule has 2 N–H and O–H groups in total. The molecule has 1 rings (SSSR count). The number of hydrogen-bond acceptors (Lipinski definition) is 2. The zero-order valence-corrected chi connectivity index (χ0v) is 7.81. The molecule has 0 radical (unpaired) electrons. The molecule has 0 fully saturated rings. The second kappa shape index (κ2) is 4.28. The fourth-order valence-corrected chi connectivity index (χ4v) is 1.22. The molecule has 0 unspecified atom stereocenters. The average molecular weight is 199 g/mol. The van der Waals surface area contributed by atoms with E-state index < -0.39 is 12.5 Å². The van der Waals surface area contributed by atoms with Gasteiger partial charge in [0.2, 0.25) is 0 Å². The van der Waals surface area contributed by atoms with Gasteiger partial charge in [0.15, 0.2) is 5.78 Å². The molecule has 0 aliphatic heterocycles. The zero-order chi connectivity index (χ0) is 10.7. The standard InChI is InChI=1S/C10H11F2NO/c1-6-2-7(10(14)5-13)3-9(12)8(6)4-11/h2-3H,4-5,13H2,1H3. The zero-order valence-electron chi connectivity index (χ0n) is 7.81. The van der Waals surface area contributed by atoms with Gasteiger partial charge in [-0.2, -0.15) is 0 Å². The van der Waals surface area contributed by atoms with Crippen LogP contribution in [0, 0.1) is 12.7 Å². The summed E-state index contributed by atoms with van der Waals surface area (Å²) in [5, 5.41) is 0. The third-order valence-electron chi connectivity index (χ3n) is 2.06. The molecule has 0 saturated heterocycles. The van der Waals surface area contributed by atoms with E-state index in [1.54, 1.807) is 6.92 Å². The Bertz CT molecular complexity index is 340. The summed E-state index contributed by atoms with van der Waals surface area (Å²) >= 11 is 0. The molecule has 0 saturated carbocycles. The molecule has 2 nitrogen and oxygen atoms in total. The van der Waals surface area contributed by atoms with Crippen LogP contribution in [-0.4, -0.2) is 12.3 Å². The monoisotopic (exact) mass is 199 g/mol. The average Bonchev–Trinajstić information content (AvgIpc) is 2.16. The van der Waals surface area contributed by atoms with Crippen LogP contribution in [0.3, 0.4) is 0 Å². The summed E-state index contributed by atoms with van der Waals surface area (Å²) in [7, 11) is 0. The number of hydrogen-bond donors (Lipinski definition) is 1. The van der Waals surface area contributed by atoms with Crippen LogP contribution < -0.4 is 5.73 Å². The molecule has 0 atom stereocenters. The van der Waals surface area contributed by atoms with Gasteiger partial charge in [0.25, 0.3) is 0 Å². The summed E-state index contributed by atoms with van der Waals surface area (Å²) in [6.07, 6.45) is 0. The molecular formula is C10H11F2NO. The first-order valence-corrected chi connectivity index (χ1v) is 4.18. The van der Waals surface area contributed by atoms with Crippen molar-refractivity contribution in [2.24, 2.45) is 5.73 Å². The summed E-state index contributed by atoms with van der Waals surface area (Å²) in [5.41, 5.74) is 5.76. The molecule has 0 aliphatic rings. The van der Waals surface area contributed by atoms with Gasteiger partial charge in [0.05, 0.1) is 6.54 Å². The molecular weight excluding hydrogens is 188 g/mol. The van der Waals surface area contributed by atoms with Crippen molar-refractivity contribution in [2.75, 3.05) is 6.54 Å². The Morgan fingerprint density at radius 1 is 1.50 bits per heavy atom. The molecule has 4 heteroatoms. The summed E-state index contributed by atoms with van der Waals surface area (Å²) in [4.78, 5) is 11.1. The minimum Gasteiger partial charge on any atom is -0.324 e. The summed E-state index contributed by atoms with van der Waals surface area (Å²) < 4.78 is 25.5. The smallest absolute Gasteiger partial charge is 0.176 e. The van der Waals surface area contributed by atoms with Crippen molar-refractivity contribution in [2.45, 2.75) is 13.6 Å². The van der Waals surface area contributed by atoms with Crippen molar-refractivity contribution < 1.29 is 13.6 Å². The molecule has 0 aromatic heterocycles. The lowest BCUT2D eigenvalue weighted by Crippen LogP contribution is -2.14. The van der Waals surface area contributed by atoms with Gasteiger partial charge < -0.3 is 5.73 Å². The molecule has 1 aromatic carbocycles. The van der Waals surface area contributed by atoms with Gasteiger partial charge in [0, 0.05) is 11.1 Å². The Balaban J connectivity index is 3.20. The Kier molecular flexibility index (Phi) is 3.30. The van der Waals surface area contributed by atoms with Crippen molar-refractivity contribution in [1.82, 2.24) is 0 Å². The quantitative estimate of drug-likeness (QED) is 0.753. The number of carbonyl (C=O) groups is 1. The molecule has 0 aliphatic carbocycles. The van der Waals surface area contributed by atoms with E-state index in [4.69, 9.17) is 5.73 Å². The van der Waals surface area contributed by atoms with Crippen molar-refractivity contribution >= 4 is 5.78 Å². The van der Waals surface area contributed by atoms with E-state index in [1.165, 1.54) is 6.07 Å². The lowest BCUT2D eigenvalue weighted by atomic mass is 10.0. The van der Waals surface area contributed by atoms with Gasteiger partial charge in [-0.1, -0.05) is 0 Å². The summed E-state index contributed by atoms with van der Waals surface area (Å²) in [6.45, 7) is 0.522. The van der Waals surface area contributed by atoms with Crippen LogP contribution in [0.1, 0.15) is 21.5 Å².